The number of rotatable bonds is 4. The Morgan fingerprint density at radius 3 is 2.59 bits per heavy atom. The number of hydrogen-bond donors (Lipinski definition) is 2. The summed E-state index contributed by atoms with van der Waals surface area (Å²) < 4.78 is 13.6. The van der Waals surface area contributed by atoms with Crippen LogP contribution in [0.5, 0.6) is 0 Å². The summed E-state index contributed by atoms with van der Waals surface area (Å²) in [6.07, 6.45) is 1.90. The molecule has 2 N–H and O–H groups in total. The Labute approximate surface area is 157 Å². The first kappa shape index (κ1) is 17.7. The summed E-state index contributed by atoms with van der Waals surface area (Å²) in [5.41, 5.74) is 2.04. The quantitative estimate of drug-likeness (QED) is 0.873. The zero-order valence-corrected chi connectivity index (χ0v) is 15.0. The van der Waals surface area contributed by atoms with E-state index in [-0.39, 0.29) is 29.6 Å². The number of nitrogens with zero attached hydrogens (tertiary/aromatic N) is 1. The van der Waals surface area contributed by atoms with E-state index < -0.39 is 0 Å². The largest absolute Gasteiger partial charge is 0.329 e. The Kier molecular flexibility index (Phi) is 4.90. The van der Waals surface area contributed by atoms with Crippen molar-refractivity contribution in [3.63, 3.8) is 0 Å². The van der Waals surface area contributed by atoms with Gasteiger partial charge in [-0.3, -0.25) is 9.59 Å². The van der Waals surface area contributed by atoms with Crippen LogP contribution in [0.3, 0.4) is 0 Å². The van der Waals surface area contributed by atoms with Crippen molar-refractivity contribution in [3.05, 3.63) is 65.5 Å². The molecule has 1 saturated carbocycles. The number of amides is 2. The van der Waals surface area contributed by atoms with E-state index in [1.54, 1.807) is 35.2 Å². The molecule has 1 aliphatic heterocycles. The summed E-state index contributed by atoms with van der Waals surface area (Å²) in [4.78, 5) is 26.7. The van der Waals surface area contributed by atoms with Gasteiger partial charge in [-0.1, -0.05) is 12.1 Å². The van der Waals surface area contributed by atoms with Gasteiger partial charge < -0.3 is 15.5 Å². The van der Waals surface area contributed by atoms with Gasteiger partial charge in [0, 0.05) is 36.8 Å². The van der Waals surface area contributed by atoms with Crippen molar-refractivity contribution in [2.24, 2.45) is 5.92 Å². The average Bonchev–Trinajstić information content (AvgIpc) is 3.53. The van der Waals surface area contributed by atoms with Crippen LogP contribution >= 0.6 is 0 Å². The minimum Gasteiger partial charge on any atom is -0.329 e. The molecule has 0 aromatic heterocycles. The van der Waals surface area contributed by atoms with Gasteiger partial charge in [-0.05, 0) is 54.8 Å². The van der Waals surface area contributed by atoms with Crippen LogP contribution in [0.4, 0.5) is 10.1 Å². The number of hydrogen-bond acceptors (Lipinski definition) is 3. The second kappa shape index (κ2) is 7.48. The van der Waals surface area contributed by atoms with Crippen LogP contribution in [-0.4, -0.2) is 36.3 Å². The van der Waals surface area contributed by atoms with Gasteiger partial charge in [0.05, 0.1) is 6.04 Å². The molecular weight excluding hydrogens is 345 g/mol. The van der Waals surface area contributed by atoms with Gasteiger partial charge in [-0.2, -0.15) is 0 Å². The normalized spacial score (nSPS) is 19.6. The monoisotopic (exact) mass is 367 g/mol. The summed E-state index contributed by atoms with van der Waals surface area (Å²) in [5.74, 6) is -0.214. The number of carbonyl (C=O) groups excluding carboxylic acids is 2. The van der Waals surface area contributed by atoms with E-state index in [0.29, 0.717) is 30.9 Å². The molecule has 0 radical (unpaired) electrons. The molecule has 2 fully saturated rings. The molecule has 2 amide bonds. The second-order valence-corrected chi connectivity index (χ2v) is 7.11. The third kappa shape index (κ3) is 4.01. The molecule has 1 unspecified atom stereocenters. The first-order valence-corrected chi connectivity index (χ1v) is 9.30. The highest BCUT2D eigenvalue weighted by Gasteiger charge is 2.30. The average molecular weight is 367 g/mol. The molecule has 2 aromatic rings. The number of nitrogens with one attached hydrogen (secondary N) is 2. The minimum atomic E-state index is -0.304. The van der Waals surface area contributed by atoms with Gasteiger partial charge in [-0.15, -0.1) is 0 Å². The molecule has 5 nitrogen and oxygen atoms in total. The topological polar surface area (TPSA) is 61.4 Å². The fourth-order valence-electron chi connectivity index (χ4n) is 3.41. The summed E-state index contributed by atoms with van der Waals surface area (Å²) in [6, 6.07) is 13.2. The van der Waals surface area contributed by atoms with Crippen LogP contribution in [0.2, 0.25) is 0 Å². The highest BCUT2D eigenvalue weighted by atomic mass is 19.1. The Balaban J connectivity index is 1.50. The fraction of sp³-hybridized carbons (Fsp3) is 0.333. The van der Waals surface area contributed by atoms with Gasteiger partial charge >= 0.3 is 0 Å². The Hall–Kier alpha value is -2.73. The lowest BCUT2D eigenvalue weighted by Gasteiger charge is -2.36. The van der Waals surface area contributed by atoms with Crippen LogP contribution in [0.1, 0.15) is 34.8 Å². The Morgan fingerprint density at radius 2 is 1.89 bits per heavy atom. The maximum absolute atomic E-state index is 13.6. The SMILES string of the molecule is O=C(Nc1ccc(C(=O)N2CCNCC2c2cccc(F)c2)cc1)C1CC1. The highest BCUT2D eigenvalue weighted by molar-refractivity contribution is 5.97. The van der Waals surface area contributed by atoms with Crippen molar-refractivity contribution in [2.45, 2.75) is 18.9 Å². The van der Waals surface area contributed by atoms with E-state index in [4.69, 9.17) is 0 Å². The van der Waals surface area contributed by atoms with Crippen LogP contribution in [0, 0.1) is 11.7 Å². The first-order valence-electron chi connectivity index (χ1n) is 9.30. The molecule has 4 rings (SSSR count). The number of piperazine rings is 1. The lowest BCUT2D eigenvalue weighted by Crippen LogP contribution is -2.48. The lowest BCUT2D eigenvalue weighted by atomic mass is 10.0. The standard InChI is InChI=1S/C21H22FN3O2/c22-17-3-1-2-16(12-17)19-13-23-10-11-25(19)21(27)15-6-8-18(9-7-15)24-20(26)14-4-5-14/h1-3,6-9,12,14,19,23H,4-5,10-11,13H2,(H,24,26). The van der Waals surface area contributed by atoms with E-state index in [9.17, 15) is 14.0 Å². The molecule has 1 atom stereocenters. The van der Waals surface area contributed by atoms with Crippen LogP contribution in [-0.2, 0) is 4.79 Å². The van der Waals surface area contributed by atoms with E-state index in [1.807, 2.05) is 6.07 Å². The van der Waals surface area contributed by atoms with Crippen molar-refractivity contribution in [1.82, 2.24) is 10.2 Å². The van der Waals surface area contributed by atoms with Gasteiger partial charge in [0.15, 0.2) is 0 Å². The molecule has 0 bridgehead atoms. The molecule has 6 heteroatoms. The molecule has 0 spiro atoms. The van der Waals surface area contributed by atoms with Crippen molar-refractivity contribution < 1.29 is 14.0 Å². The third-order valence-corrected chi connectivity index (χ3v) is 5.09. The first-order chi connectivity index (χ1) is 13.1. The van der Waals surface area contributed by atoms with Crippen LogP contribution in [0.25, 0.3) is 0 Å². The van der Waals surface area contributed by atoms with E-state index in [0.717, 1.165) is 18.4 Å². The van der Waals surface area contributed by atoms with Crippen molar-refractivity contribution >= 4 is 17.5 Å². The maximum Gasteiger partial charge on any atom is 0.254 e. The van der Waals surface area contributed by atoms with Crippen molar-refractivity contribution in [1.29, 1.82) is 0 Å². The summed E-state index contributed by atoms with van der Waals surface area (Å²) >= 11 is 0. The maximum atomic E-state index is 13.6. The minimum absolute atomic E-state index is 0.0438. The van der Waals surface area contributed by atoms with Crippen molar-refractivity contribution in [3.8, 4) is 0 Å². The van der Waals surface area contributed by atoms with Crippen LogP contribution in [0.15, 0.2) is 48.5 Å². The molecule has 1 heterocycles. The zero-order chi connectivity index (χ0) is 18.8. The predicted octanol–water partition coefficient (Wildman–Crippen LogP) is 2.96. The highest BCUT2D eigenvalue weighted by Crippen LogP contribution is 2.30. The number of anilines is 1. The van der Waals surface area contributed by atoms with Gasteiger partial charge in [0.1, 0.15) is 5.82 Å². The summed E-state index contributed by atoms with van der Waals surface area (Å²) in [5, 5.41) is 6.15. The molecule has 27 heavy (non-hydrogen) atoms. The van der Waals surface area contributed by atoms with Crippen LogP contribution < -0.4 is 10.6 Å². The van der Waals surface area contributed by atoms with E-state index in [2.05, 4.69) is 10.6 Å². The predicted molar refractivity (Wildman–Crippen MR) is 101 cm³/mol. The number of halogens is 1. The fourth-order valence-corrected chi connectivity index (χ4v) is 3.41. The summed E-state index contributed by atoms with van der Waals surface area (Å²) in [6.45, 7) is 1.85. The molecule has 140 valence electrons. The molecule has 2 aromatic carbocycles. The zero-order valence-electron chi connectivity index (χ0n) is 15.0. The van der Waals surface area contributed by atoms with Gasteiger partial charge in [-0.25, -0.2) is 4.39 Å². The van der Waals surface area contributed by atoms with Gasteiger partial charge in [0.25, 0.3) is 5.91 Å². The number of carbonyl (C=O) groups is 2. The van der Waals surface area contributed by atoms with Gasteiger partial charge in [0.2, 0.25) is 5.91 Å². The third-order valence-electron chi connectivity index (χ3n) is 5.09. The summed E-state index contributed by atoms with van der Waals surface area (Å²) in [7, 11) is 0. The Morgan fingerprint density at radius 1 is 1.11 bits per heavy atom. The molecule has 1 saturated heterocycles. The second-order valence-electron chi connectivity index (χ2n) is 7.11. The Bertz CT molecular complexity index is 849. The lowest BCUT2D eigenvalue weighted by molar-refractivity contribution is -0.117. The van der Waals surface area contributed by atoms with E-state index in [1.165, 1.54) is 12.1 Å². The smallest absolute Gasteiger partial charge is 0.254 e. The van der Waals surface area contributed by atoms with E-state index >= 15 is 0 Å². The van der Waals surface area contributed by atoms with Crippen molar-refractivity contribution in [2.75, 3.05) is 25.0 Å². The molecular formula is C21H22FN3O2. The molecule has 1 aliphatic carbocycles. The molecule has 2 aliphatic rings. The number of benzene rings is 2.